The Bertz CT molecular complexity index is 1040. The van der Waals surface area contributed by atoms with Gasteiger partial charge in [0.1, 0.15) is 30.4 Å². The van der Waals surface area contributed by atoms with Gasteiger partial charge in [-0.25, -0.2) is 9.97 Å². The van der Waals surface area contributed by atoms with Gasteiger partial charge in [-0.15, -0.1) is 0 Å². The molecule has 3 rings (SSSR count). The Balaban J connectivity index is 1.97. The number of aromatic nitrogens is 3. The van der Waals surface area contributed by atoms with Crippen LogP contribution in [-0.2, 0) is 17.6 Å². The third-order valence-electron chi connectivity index (χ3n) is 5.20. The zero-order valence-electron chi connectivity index (χ0n) is 20.9. The average molecular weight is 495 g/mol. The van der Waals surface area contributed by atoms with E-state index >= 15 is 0 Å². The van der Waals surface area contributed by atoms with Crippen LogP contribution >= 0.6 is 0 Å². The number of nitrogens with zero attached hydrogens (tertiary/aromatic N) is 5. The molecular weight excluding hydrogens is 461 g/mol. The van der Waals surface area contributed by atoms with Gasteiger partial charge in [-0.3, -0.25) is 9.78 Å². The van der Waals surface area contributed by atoms with Crippen molar-refractivity contribution in [2.24, 2.45) is 0 Å². The van der Waals surface area contributed by atoms with Gasteiger partial charge in [0.25, 0.3) is 0 Å². The topological polar surface area (TPSA) is 83.5 Å². The number of aryl methyl sites for hydroxylation is 1. The SMILES string of the molecule is CN(C)CCOc1ccnc(-c2nc3c(c(N(CC(=O)NC(C)(C)C)CC(F)(F)F)n2)CCC3)c1. The third-order valence-corrected chi connectivity index (χ3v) is 5.20. The van der Waals surface area contributed by atoms with Crippen LogP contribution in [0.2, 0.25) is 0 Å². The molecule has 1 aliphatic carbocycles. The molecule has 0 radical (unpaired) electrons. The highest BCUT2D eigenvalue weighted by atomic mass is 19.4. The molecule has 11 heteroatoms. The van der Waals surface area contributed by atoms with E-state index in [4.69, 9.17) is 4.74 Å². The molecule has 1 amide bonds. The zero-order valence-corrected chi connectivity index (χ0v) is 20.9. The molecule has 2 heterocycles. The van der Waals surface area contributed by atoms with Crippen LogP contribution in [0.5, 0.6) is 5.75 Å². The molecule has 0 saturated heterocycles. The van der Waals surface area contributed by atoms with Crippen LogP contribution < -0.4 is 15.0 Å². The minimum absolute atomic E-state index is 0.129. The van der Waals surface area contributed by atoms with Gasteiger partial charge in [-0.1, -0.05) is 0 Å². The van der Waals surface area contributed by atoms with Crippen molar-refractivity contribution < 1.29 is 22.7 Å². The number of anilines is 1. The number of halogens is 3. The Labute approximate surface area is 203 Å². The fourth-order valence-corrected chi connectivity index (χ4v) is 3.81. The van der Waals surface area contributed by atoms with Crippen molar-refractivity contribution in [3.05, 3.63) is 29.6 Å². The molecule has 2 aromatic rings. The number of rotatable bonds is 9. The third kappa shape index (κ3) is 8.05. The first-order valence-electron chi connectivity index (χ1n) is 11.6. The quantitative estimate of drug-likeness (QED) is 0.573. The van der Waals surface area contributed by atoms with Gasteiger partial charge < -0.3 is 19.9 Å². The maximum Gasteiger partial charge on any atom is 0.405 e. The van der Waals surface area contributed by atoms with Gasteiger partial charge in [0, 0.05) is 35.6 Å². The first-order chi connectivity index (χ1) is 16.3. The molecule has 0 spiro atoms. The molecule has 1 N–H and O–H groups in total. The molecule has 0 fully saturated rings. The van der Waals surface area contributed by atoms with E-state index in [-0.39, 0.29) is 11.6 Å². The average Bonchev–Trinajstić information content (AvgIpc) is 3.19. The molecule has 0 saturated carbocycles. The fraction of sp³-hybridized carbons (Fsp3) is 0.583. The number of alkyl halides is 3. The van der Waals surface area contributed by atoms with Gasteiger partial charge in [0.05, 0.1) is 6.54 Å². The summed E-state index contributed by atoms with van der Waals surface area (Å²) in [5, 5.41) is 2.73. The second kappa shape index (κ2) is 10.8. The Morgan fingerprint density at radius 2 is 1.91 bits per heavy atom. The second-order valence-corrected chi connectivity index (χ2v) is 9.95. The minimum atomic E-state index is -4.52. The molecule has 0 aromatic carbocycles. The van der Waals surface area contributed by atoms with Crippen molar-refractivity contribution in [1.29, 1.82) is 0 Å². The smallest absolute Gasteiger partial charge is 0.405 e. The maximum atomic E-state index is 13.5. The molecule has 35 heavy (non-hydrogen) atoms. The van der Waals surface area contributed by atoms with Crippen molar-refractivity contribution in [1.82, 2.24) is 25.2 Å². The lowest BCUT2D eigenvalue weighted by Gasteiger charge is -2.28. The molecule has 0 aliphatic heterocycles. The number of carbonyl (C=O) groups is 1. The summed E-state index contributed by atoms with van der Waals surface area (Å²) < 4.78 is 46.4. The predicted octanol–water partition coefficient (Wildman–Crippen LogP) is 3.25. The Kier molecular flexibility index (Phi) is 8.19. The highest BCUT2D eigenvalue weighted by Gasteiger charge is 2.35. The van der Waals surface area contributed by atoms with E-state index in [1.54, 1.807) is 39.1 Å². The number of carbonyl (C=O) groups excluding carboxylic acids is 1. The number of hydrogen-bond donors (Lipinski definition) is 1. The largest absolute Gasteiger partial charge is 0.492 e. The van der Waals surface area contributed by atoms with Crippen LogP contribution in [0.3, 0.4) is 0 Å². The van der Waals surface area contributed by atoms with Crippen LogP contribution in [0.25, 0.3) is 11.5 Å². The summed E-state index contributed by atoms with van der Waals surface area (Å²) in [4.78, 5) is 29.0. The highest BCUT2D eigenvalue weighted by molar-refractivity contribution is 5.82. The standard InChI is InChI=1S/C24H33F3N6O2/c1-23(2,3)31-20(34)14-33(15-24(25,26)27)22-17-7-6-8-18(17)29-21(30-22)19-13-16(9-10-28-19)35-12-11-32(4)5/h9-10,13H,6-8,11-12,14-15H2,1-5H3,(H,31,34). The molecule has 192 valence electrons. The molecule has 0 unspecified atom stereocenters. The number of fused-ring (bicyclic) bond motifs is 1. The van der Waals surface area contributed by atoms with Crippen molar-refractivity contribution in [2.75, 3.05) is 45.2 Å². The molecule has 8 nitrogen and oxygen atoms in total. The van der Waals surface area contributed by atoms with Gasteiger partial charge >= 0.3 is 6.18 Å². The second-order valence-electron chi connectivity index (χ2n) is 9.95. The number of ether oxygens (including phenoxy) is 1. The number of amides is 1. The van der Waals surface area contributed by atoms with Crippen molar-refractivity contribution in [2.45, 2.75) is 51.7 Å². The van der Waals surface area contributed by atoms with Crippen molar-refractivity contribution >= 4 is 11.7 Å². The summed E-state index contributed by atoms with van der Waals surface area (Å²) in [6.07, 6.45) is -1.01. The van der Waals surface area contributed by atoms with Crippen LogP contribution in [0, 0.1) is 0 Å². The zero-order chi connectivity index (χ0) is 25.8. The van der Waals surface area contributed by atoms with E-state index in [9.17, 15) is 18.0 Å². The molecule has 1 aliphatic rings. The monoisotopic (exact) mass is 494 g/mol. The van der Waals surface area contributed by atoms with Crippen molar-refractivity contribution in [3.63, 3.8) is 0 Å². The van der Waals surface area contributed by atoms with Gasteiger partial charge in [-0.05, 0) is 60.2 Å². The van der Waals surface area contributed by atoms with E-state index in [2.05, 4.69) is 20.3 Å². The number of likely N-dealkylation sites (N-methyl/N-ethyl adjacent to an activating group) is 1. The first-order valence-corrected chi connectivity index (χ1v) is 11.6. The molecular formula is C24H33F3N6O2. The van der Waals surface area contributed by atoms with E-state index in [1.165, 1.54) is 0 Å². The van der Waals surface area contributed by atoms with Crippen LogP contribution in [0.4, 0.5) is 19.0 Å². The van der Waals surface area contributed by atoms with Crippen LogP contribution in [0.1, 0.15) is 38.4 Å². The Hall–Kier alpha value is -2.95. The summed E-state index contributed by atoms with van der Waals surface area (Å²) >= 11 is 0. The van der Waals surface area contributed by atoms with Gasteiger partial charge in [0.15, 0.2) is 5.82 Å². The van der Waals surface area contributed by atoms with Gasteiger partial charge in [0.2, 0.25) is 5.91 Å². The van der Waals surface area contributed by atoms with E-state index < -0.39 is 30.7 Å². The summed E-state index contributed by atoms with van der Waals surface area (Å²) in [7, 11) is 3.88. The van der Waals surface area contributed by atoms with E-state index in [1.807, 2.05) is 19.0 Å². The molecule has 0 atom stereocenters. The Morgan fingerprint density at radius 1 is 1.17 bits per heavy atom. The normalized spacial score (nSPS) is 13.6. The lowest BCUT2D eigenvalue weighted by Crippen LogP contribution is -2.48. The van der Waals surface area contributed by atoms with E-state index in [0.29, 0.717) is 42.1 Å². The summed E-state index contributed by atoms with van der Waals surface area (Å²) in [5.74, 6) is 0.397. The minimum Gasteiger partial charge on any atom is -0.492 e. The highest BCUT2D eigenvalue weighted by Crippen LogP contribution is 2.33. The van der Waals surface area contributed by atoms with E-state index in [0.717, 1.165) is 17.9 Å². The lowest BCUT2D eigenvalue weighted by molar-refractivity contribution is -0.125. The summed E-state index contributed by atoms with van der Waals surface area (Å²) in [6.45, 7) is 4.75. The number of nitrogens with one attached hydrogen (secondary N) is 1. The Morgan fingerprint density at radius 3 is 2.57 bits per heavy atom. The van der Waals surface area contributed by atoms with Crippen molar-refractivity contribution in [3.8, 4) is 17.3 Å². The maximum absolute atomic E-state index is 13.5. The van der Waals surface area contributed by atoms with Crippen LogP contribution in [0.15, 0.2) is 18.3 Å². The van der Waals surface area contributed by atoms with Gasteiger partial charge in [-0.2, -0.15) is 13.2 Å². The molecule has 0 bridgehead atoms. The number of pyridine rings is 1. The molecule has 2 aromatic heterocycles. The number of hydrogen-bond acceptors (Lipinski definition) is 7. The lowest BCUT2D eigenvalue weighted by atomic mass is 10.1. The summed E-state index contributed by atoms with van der Waals surface area (Å²) in [6, 6.07) is 3.39. The fourth-order valence-electron chi connectivity index (χ4n) is 3.81. The summed E-state index contributed by atoms with van der Waals surface area (Å²) in [5.41, 5.74) is 1.17. The van der Waals surface area contributed by atoms with Crippen LogP contribution in [-0.4, -0.2) is 77.8 Å². The predicted molar refractivity (Wildman–Crippen MR) is 128 cm³/mol. The first kappa shape index (κ1) is 26.7.